The van der Waals surface area contributed by atoms with Crippen molar-refractivity contribution in [2.75, 3.05) is 13.2 Å². The summed E-state index contributed by atoms with van der Waals surface area (Å²) in [6, 6.07) is 12.9. The molecular formula is C21H27NO5S2. The van der Waals surface area contributed by atoms with Gasteiger partial charge in [-0.15, -0.1) is 0 Å². The van der Waals surface area contributed by atoms with Crippen molar-refractivity contribution < 1.29 is 21.0 Å². The molecule has 3 rings (SSSR count). The molecule has 0 saturated carbocycles. The zero-order valence-corrected chi connectivity index (χ0v) is 18.4. The second-order valence-corrected chi connectivity index (χ2v) is 10.7. The van der Waals surface area contributed by atoms with Crippen LogP contribution in [0.4, 0.5) is 0 Å². The SMILES string of the molecule is CCc1ccc(S(=O)(=O)OC[C@@H]2CCCN2S(=O)(=O)c2ccc(CC)cc2)cc1. The highest BCUT2D eigenvalue weighted by molar-refractivity contribution is 7.89. The highest BCUT2D eigenvalue weighted by Gasteiger charge is 2.36. The summed E-state index contributed by atoms with van der Waals surface area (Å²) in [5.74, 6) is 0. The molecule has 1 atom stereocenters. The summed E-state index contributed by atoms with van der Waals surface area (Å²) in [5.41, 5.74) is 2.09. The summed E-state index contributed by atoms with van der Waals surface area (Å²) in [6.07, 6.45) is 2.88. The van der Waals surface area contributed by atoms with Crippen molar-refractivity contribution in [2.24, 2.45) is 0 Å². The topological polar surface area (TPSA) is 80.8 Å². The van der Waals surface area contributed by atoms with E-state index in [-0.39, 0.29) is 16.4 Å². The predicted molar refractivity (Wildman–Crippen MR) is 112 cm³/mol. The van der Waals surface area contributed by atoms with Gasteiger partial charge in [-0.2, -0.15) is 12.7 Å². The Labute approximate surface area is 173 Å². The van der Waals surface area contributed by atoms with Crippen LogP contribution in [0.2, 0.25) is 0 Å². The van der Waals surface area contributed by atoms with Crippen LogP contribution in [0.15, 0.2) is 58.3 Å². The van der Waals surface area contributed by atoms with Gasteiger partial charge >= 0.3 is 0 Å². The maximum atomic E-state index is 13.0. The quantitative estimate of drug-likeness (QED) is 0.592. The zero-order valence-electron chi connectivity index (χ0n) is 16.7. The van der Waals surface area contributed by atoms with Gasteiger partial charge in [-0.05, 0) is 61.1 Å². The molecule has 1 aliphatic heterocycles. The van der Waals surface area contributed by atoms with Crippen molar-refractivity contribution in [3.63, 3.8) is 0 Å². The minimum absolute atomic E-state index is 0.0808. The molecule has 0 radical (unpaired) electrons. The molecule has 8 heteroatoms. The van der Waals surface area contributed by atoms with Crippen LogP contribution in [-0.4, -0.2) is 40.3 Å². The minimum atomic E-state index is -3.94. The lowest BCUT2D eigenvalue weighted by Crippen LogP contribution is -2.38. The van der Waals surface area contributed by atoms with E-state index >= 15 is 0 Å². The van der Waals surface area contributed by atoms with Crippen molar-refractivity contribution in [2.45, 2.75) is 55.4 Å². The first-order chi connectivity index (χ1) is 13.8. The molecule has 2 aromatic rings. The van der Waals surface area contributed by atoms with E-state index in [9.17, 15) is 16.8 Å². The molecule has 1 fully saturated rings. The predicted octanol–water partition coefficient (Wildman–Crippen LogP) is 3.37. The average molecular weight is 438 g/mol. The Hall–Kier alpha value is -1.74. The third-order valence-corrected chi connectivity index (χ3v) is 8.56. The standard InChI is InChI=1S/C21H27NO5S2/c1-3-17-7-11-20(12-8-17)28(23,24)22-15-5-6-19(22)16-27-29(25,26)21-13-9-18(4-2)10-14-21/h7-14,19H,3-6,15-16H2,1-2H3/t19-/m0/s1. The van der Waals surface area contributed by atoms with Crippen molar-refractivity contribution in [1.82, 2.24) is 4.31 Å². The Morgan fingerprint density at radius 3 is 1.90 bits per heavy atom. The van der Waals surface area contributed by atoms with E-state index in [0.29, 0.717) is 19.4 Å². The number of sulfonamides is 1. The number of rotatable bonds is 8. The maximum absolute atomic E-state index is 13.0. The van der Waals surface area contributed by atoms with Crippen LogP contribution in [0.5, 0.6) is 0 Å². The van der Waals surface area contributed by atoms with Gasteiger partial charge in [-0.3, -0.25) is 4.18 Å². The van der Waals surface area contributed by atoms with Crippen molar-refractivity contribution in [3.8, 4) is 0 Å². The molecule has 6 nitrogen and oxygen atoms in total. The highest BCUT2D eigenvalue weighted by atomic mass is 32.2. The number of hydrogen-bond acceptors (Lipinski definition) is 5. The van der Waals surface area contributed by atoms with Gasteiger partial charge in [0.2, 0.25) is 10.0 Å². The van der Waals surface area contributed by atoms with E-state index in [2.05, 4.69) is 0 Å². The normalized spacial score (nSPS) is 18.2. The fourth-order valence-corrected chi connectivity index (χ4v) is 6.07. The van der Waals surface area contributed by atoms with E-state index in [1.807, 2.05) is 13.8 Å². The molecule has 0 amide bonds. The lowest BCUT2D eigenvalue weighted by molar-refractivity contribution is 0.237. The molecule has 1 heterocycles. The third-order valence-electron chi connectivity index (χ3n) is 5.30. The van der Waals surface area contributed by atoms with E-state index in [4.69, 9.17) is 4.18 Å². The molecule has 0 aliphatic carbocycles. The van der Waals surface area contributed by atoms with Gasteiger partial charge in [0, 0.05) is 6.54 Å². The number of nitrogens with zero attached hydrogens (tertiary/aromatic N) is 1. The fraction of sp³-hybridized carbons (Fsp3) is 0.429. The molecular weight excluding hydrogens is 410 g/mol. The second-order valence-electron chi connectivity index (χ2n) is 7.15. The van der Waals surface area contributed by atoms with Crippen molar-refractivity contribution >= 4 is 20.1 Å². The Morgan fingerprint density at radius 1 is 0.862 bits per heavy atom. The molecule has 1 aliphatic rings. The third kappa shape index (κ3) is 4.88. The molecule has 29 heavy (non-hydrogen) atoms. The van der Waals surface area contributed by atoms with Gasteiger partial charge in [-0.25, -0.2) is 8.42 Å². The summed E-state index contributed by atoms with van der Waals surface area (Å²) in [7, 11) is -7.63. The minimum Gasteiger partial charge on any atom is -0.265 e. The fourth-order valence-electron chi connectivity index (χ4n) is 3.45. The first-order valence-corrected chi connectivity index (χ1v) is 12.7. The van der Waals surface area contributed by atoms with E-state index in [1.54, 1.807) is 36.4 Å². The molecule has 158 valence electrons. The lowest BCUT2D eigenvalue weighted by Gasteiger charge is -2.24. The number of aryl methyl sites for hydroxylation is 2. The van der Waals surface area contributed by atoms with Crippen LogP contribution in [0.1, 0.15) is 37.8 Å². The molecule has 0 unspecified atom stereocenters. The van der Waals surface area contributed by atoms with Crippen molar-refractivity contribution in [3.05, 3.63) is 59.7 Å². The molecule has 0 aromatic heterocycles. The summed E-state index contributed by atoms with van der Waals surface area (Å²) in [6.45, 7) is 4.17. The second kappa shape index (κ2) is 8.95. The molecule has 0 N–H and O–H groups in total. The van der Waals surface area contributed by atoms with Crippen LogP contribution in [0, 0.1) is 0 Å². The summed E-state index contributed by atoms with van der Waals surface area (Å²) in [4.78, 5) is 0.303. The van der Waals surface area contributed by atoms with Gasteiger partial charge in [0.15, 0.2) is 0 Å². The van der Waals surface area contributed by atoms with E-state index in [1.165, 1.54) is 16.4 Å². The zero-order chi connectivity index (χ0) is 21.1. The summed E-state index contributed by atoms with van der Waals surface area (Å²) < 4.78 is 57.7. The van der Waals surface area contributed by atoms with E-state index < -0.39 is 26.2 Å². The maximum Gasteiger partial charge on any atom is 0.297 e. The summed E-state index contributed by atoms with van der Waals surface area (Å²) >= 11 is 0. The Bertz CT molecular complexity index is 1030. The average Bonchev–Trinajstić information content (AvgIpc) is 3.22. The van der Waals surface area contributed by atoms with E-state index in [0.717, 1.165) is 24.0 Å². The van der Waals surface area contributed by atoms with Crippen LogP contribution in [-0.2, 0) is 37.2 Å². The van der Waals surface area contributed by atoms with Crippen LogP contribution >= 0.6 is 0 Å². The molecule has 0 bridgehead atoms. The Morgan fingerprint density at radius 2 is 1.38 bits per heavy atom. The number of benzene rings is 2. The smallest absolute Gasteiger partial charge is 0.265 e. The van der Waals surface area contributed by atoms with Gasteiger partial charge in [0.05, 0.1) is 22.4 Å². The first-order valence-electron chi connectivity index (χ1n) is 9.87. The Balaban J connectivity index is 1.73. The largest absolute Gasteiger partial charge is 0.297 e. The Kier molecular flexibility index (Phi) is 6.78. The molecule has 1 saturated heterocycles. The molecule has 2 aromatic carbocycles. The highest BCUT2D eigenvalue weighted by Crippen LogP contribution is 2.27. The monoisotopic (exact) mass is 437 g/mol. The van der Waals surface area contributed by atoms with Gasteiger partial charge in [-0.1, -0.05) is 38.1 Å². The van der Waals surface area contributed by atoms with Crippen LogP contribution in [0.3, 0.4) is 0 Å². The molecule has 0 spiro atoms. The van der Waals surface area contributed by atoms with Crippen LogP contribution < -0.4 is 0 Å². The number of hydrogen-bond donors (Lipinski definition) is 0. The van der Waals surface area contributed by atoms with Crippen LogP contribution in [0.25, 0.3) is 0 Å². The van der Waals surface area contributed by atoms with Crippen molar-refractivity contribution in [1.29, 1.82) is 0 Å². The lowest BCUT2D eigenvalue weighted by atomic mass is 10.2. The van der Waals surface area contributed by atoms with Gasteiger partial charge < -0.3 is 0 Å². The van der Waals surface area contributed by atoms with Gasteiger partial charge in [0.1, 0.15) is 0 Å². The summed E-state index contributed by atoms with van der Waals surface area (Å²) in [5, 5.41) is 0. The van der Waals surface area contributed by atoms with Gasteiger partial charge in [0.25, 0.3) is 10.1 Å². The first kappa shape index (κ1) is 22.0.